The summed E-state index contributed by atoms with van der Waals surface area (Å²) in [7, 11) is 1.52. The minimum Gasteiger partial charge on any atom is -0.497 e. The predicted molar refractivity (Wildman–Crippen MR) is 141 cm³/mol. The monoisotopic (exact) mass is 560 g/mol. The first kappa shape index (κ1) is 28.2. The predicted octanol–water partition coefficient (Wildman–Crippen LogP) is -1.41. The zero-order chi connectivity index (χ0) is 28.1. The molecule has 4 rings (SSSR count). The fourth-order valence-electron chi connectivity index (χ4n) is 3.94. The van der Waals surface area contributed by atoms with Gasteiger partial charge in [0.05, 0.1) is 24.8 Å². The third-order valence-electron chi connectivity index (χ3n) is 6.01. The Morgan fingerprint density at radius 3 is 2.46 bits per heavy atom. The number of nitrogens with one attached hydrogen (secondary N) is 4. The fourth-order valence-corrected chi connectivity index (χ4v) is 4.11. The molecule has 2 heterocycles. The summed E-state index contributed by atoms with van der Waals surface area (Å²) in [6.07, 6.45) is -7.07. The first-order valence-electron chi connectivity index (χ1n) is 11.8. The number of hydrazine groups is 1. The Balaban J connectivity index is 1.40. The largest absolute Gasteiger partial charge is 0.497 e. The average molecular weight is 561 g/mol. The normalized spacial score (nSPS) is 22.6. The van der Waals surface area contributed by atoms with E-state index in [1.54, 1.807) is 48.5 Å². The first-order chi connectivity index (χ1) is 18.7. The highest BCUT2D eigenvalue weighted by molar-refractivity contribution is 7.80. The minimum absolute atomic E-state index is 0.147. The van der Waals surface area contributed by atoms with Gasteiger partial charge < -0.3 is 39.8 Å². The summed E-state index contributed by atoms with van der Waals surface area (Å²) in [5.74, 6) is -0.246. The van der Waals surface area contributed by atoms with E-state index in [0.717, 1.165) is 0 Å². The van der Waals surface area contributed by atoms with E-state index in [0.29, 0.717) is 22.3 Å². The number of ether oxygens (including phenoxy) is 2. The van der Waals surface area contributed by atoms with Gasteiger partial charge in [-0.15, -0.1) is 0 Å². The van der Waals surface area contributed by atoms with Crippen LogP contribution in [0.4, 0.5) is 5.95 Å². The number of amides is 2. The minimum atomic E-state index is -1.59. The lowest BCUT2D eigenvalue weighted by Crippen LogP contribution is -2.64. The number of hydrogen-bond donors (Lipinski definition) is 8. The average Bonchev–Trinajstić information content (AvgIpc) is 3.28. The zero-order valence-electron chi connectivity index (χ0n) is 20.6. The van der Waals surface area contributed by atoms with E-state index < -0.39 is 49.1 Å². The Labute approximate surface area is 227 Å². The van der Waals surface area contributed by atoms with Crippen molar-refractivity contribution in [2.75, 3.05) is 19.0 Å². The van der Waals surface area contributed by atoms with Crippen LogP contribution in [0.2, 0.25) is 0 Å². The second kappa shape index (κ2) is 12.3. The molecule has 208 valence electrons. The van der Waals surface area contributed by atoms with Crippen LogP contribution in [-0.2, 0) is 16.1 Å². The summed E-state index contributed by atoms with van der Waals surface area (Å²) in [6, 6.07) is 13.5. The number of aliphatic hydroxyl groups is 4. The third-order valence-corrected chi connectivity index (χ3v) is 6.23. The number of anilines is 1. The van der Waals surface area contributed by atoms with Crippen LogP contribution in [0.5, 0.6) is 5.75 Å². The van der Waals surface area contributed by atoms with Gasteiger partial charge in [0.1, 0.15) is 36.7 Å². The molecular formula is C24H28N6O8S. The number of hydrogen-bond acceptors (Lipinski definition) is 10. The van der Waals surface area contributed by atoms with Crippen LogP contribution < -0.4 is 26.2 Å². The van der Waals surface area contributed by atoms with E-state index in [2.05, 4.69) is 26.5 Å². The van der Waals surface area contributed by atoms with Crippen LogP contribution in [-0.4, -0.2) is 91.3 Å². The van der Waals surface area contributed by atoms with Crippen molar-refractivity contribution in [1.82, 2.24) is 25.7 Å². The maximum Gasteiger partial charge on any atom is 0.258 e. The van der Waals surface area contributed by atoms with Gasteiger partial charge in [-0.3, -0.25) is 25.8 Å². The number of imidazole rings is 1. The Morgan fingerprint density at radius 1 is 1.05 bits per heavy atom. The molecule has 1 saturated heterocycles. The van der Waals surface area contributed by atoms with Crippen LogP contribution in [0.25, 0.3) is 11.0 Å². The van der Waals surface area contributed by atoms with Crippen molar-refractivity contribution in [2.24, 2.45) is 0 Å². The topological polar surface area (TPSA) is 199 Å². The first-order valence-corrected chi connectivity index (χ1v) is 12.2. The van der Waals surface area contributed by atoms with Crippen LogP contribution in [0.15, 0.2) is 48.5 Å². The van der Waals surface area contributed by atoms with Gasteiger partial charge >= 0.3 is 0 Å². The van der Waals surface area contributed by atoms with Gasteiger partial charge in [-0.1, -0.05) is 12.1 Å². The molecule has 0 radical (unpaired) electrons. The molecule has 0 saturated carbocycles. The molecule has 2 amide bonds. The highest BCUT2D eigenvalue weighted by Gasteiger charge is 2.43. The Morgan fingerprint density at radius 2 is 1.77 bits per heavy atom. The lowest BCUT2D eigenvalue weighted by Gasteiger charge is -2.40. The number of nitrogens with zero attached hydrogens (tertiary/aromatic N) is 2. The standard InChI is InChI=1S/C24H28N6O8S/c1-37-13-8-6-12(7-9-13)21(36)26-23-25-14-4-2-3-5-15(14)30(23)10-17(32)28-29-24(39)27-22-20(35)19(34)18(33)16(11-31)38-22/h2-9,16,18-20,22,31,33-35H,10-11H2,1H3,(H,28,32)(H,25,26,36)(H2,27,29,39)/t16-,18-,19+,20-,22-/m1/s1. The second-order valence-electron chi connectivity index (χ2n) is 8.59. The van der Waals surface area contributed by atoms with Crippen molar-refractivity contribution in [3.05, 3.63) is 54.1 Å². The van der Waals surface area contributed by atoms with Crippen molar-refractivity contribution < 1.29 is 39.5 Å². The van der Waals surface area contributed by atoms with Gasteiger partial charge in [0.25, 0.3) is 11.8 Å². The molecule has 39 heavy (non-hydrogen) atoms. The molecule has 3 aromatic rings. The molecule has 0 aliphatic carbocycles. The maximum absolute atomic E-state index is 12.8. The Hall–Kier alpha value is -3.86. The lowest BCUT2D eigenvalue weighted by atomic mass is 9.98. The number of aliphatic hydroxyl groups excluding tert-OH is 4. The van der Waals surface area contributed by atoms with E-state index in [-0.39, 0.29) is 17.6 Å². The van der Waals surface area contributed by atoms with Crippen molar-refractivity contribution in [2.45, 2.75) is 37.2 Å². The maximum atomic E-state index is 12.8. The van der Waals surface area contributed by atoms with Crippen LogP contribution in [0.1, 0.15) is 10.4 Å². The molecular weight excluding hydrogens is 532 g/mol. The molecule has 15 heteroatoms. The quantitative estimate of drug-likeness (QED) is 0.124. The smallest absolute Gasteiger partial charge is 0.258 e. The summed E-state index contributed by atoms with van der Waals surface area (Å²) >= 11 is 5.11. The number of benzene rings is 2. The lowest BCUT2D eigenvalue weighted by molar-refractivity contribution is -0.232. The summed E-state index contributed by atoms with van der Waals surface area (Å²) in [5.41, 5.74) is 6.37. The fraction of sp³-hybridized carbons (Fsp3) is 0.333. The van der Waals surface area contributed by atoms with E-state index >= 15 is 0 Å². The number of fused-ring (bicyclic) bond motifs is 1. The van der Waals surface area contributed by atoms with Gasteiger partial charge in [-0.25, -0.2) is 4.98 Å². The van der Waals surface area contributed by atoms with E-state index in [9.17, 15) is 30.0 Å². The summed E-state index contributed by atoms with van der Waals surface area (Å²) in [6.45, 7) is -0.856. The van der Waals surface area contributed by atoms with Gasteiger partial charge in [-0.2, -0.15) is 0 Å². The van der Waals surface area contributed by atoms with Crippen LogP contribution in [0, 0.1) is 0 Å². The highest BCUT2D eigenvalue weighted by Crippen LogP contribution is 2.21. The van der Waals surface area contributed by atoms with Gasteiger partial charge in [0.15, 0.2) is 11.3 Å². The molecule has 1 aliphatic heterocycles. The van der Waals surface area contributed by atoms with E-state index in [1.807, 2.05) is 0 Å². The number of thiocarbonyl (C=S) groups is 1. The van der Waals surface area contributed by atoms with Gasteiger partial charge in [-0.05, 0) is 48.6 Å². The Kier molecular flexibility index (Phi) is 8.90. The molecule has 1 aliphatic rings. The zero-order valence-corrected chi connectivity index (χ0v) is 21.5. The van der Waals surface area contributed by atoms with E-state index in [4.69, 9.17) is 21.7 Å². The molecule has 0 unspecified atom stereocenters. The number of aromatic nitrogens is 2. The van der Waals surface area contributed by atoms with Crippen molar-refractivity contribution in [3.8, 4) is 5.75 Å². The summed E-state index contributed by atoms with van der Waals surface area (Å²) in [5, 5.41) is 44.3. The number of rotatable bonds is 7. The van der Waals surface area contributed by atoms with Crippen LogP contribution >= 0.6 is 12.2 Å². The van der Waals surface area contributed by atoms with Gasteiger partial charge in [0.2, 0.25) is 5.95 Å². The molecule has 1 aromatic heterocycles. The second-order valence-corrected chi connectivity index (χ2v) is 9.00. The summed E-state index contributed by atoms with van der Waals surface area (Å²) in [4.78, 5) is 30.0. The van der Waals surface area contributed by atoms with E-state index in [1.165, 1.54) is 11.7 Å². The van der Waals surface area contributed by atoms with Crippen LogP contribution in [0.3, 0.4) is 0 Å². The van der Waals surface area contributed by atoms with Crippen molar-refractivity contribution in [3.63, 3.8) is 0 Å². The molecule has 0 bridgehead atoms. The molecule has 2 aromatic carbocycles. The molecule has 14 nitrogen and oxygen atoms in total. The van der Waals surface area contributed by atoms with Gasteiger partial charge in [0, 0.05) is 5.56 Å². The molecule has 8 N–H and O–H groups in total. The molecule has 0 spiro atoms. The van der Waals surface area contributed by atoms with Crippen molar-refractivity contribution >= 4 is 46.1 Å². The summed E-state index contributed by atoms with van der Waals surface area (Å²) < 4.78 is 12.0. The van der Waals surface area contributed by atoms with Crippen molar-refractivity contribution in [1.29, 1.82) is 0 Å². The number of carbonyl (C=O) groups excluding carboxylic acids is 2. The Bertz CT molecular complexity index is 1330. The highest BCUT2D eigenvalue weighted by atomic mass is 32.1. The number of methoxy groups -OCH3 is 1. The SMILES string of the molecule is COc1ccc(C(=O)Nc2nc3ccccc3n2CC(=O)NNC(=S)N[C@@H]2O[C@H](CO)[C@@H](O)[C@H](O)[C@H]2O)cc1. The molecule has 5 atom stereocenters. The molecule has 1 fully saturated rings. The number of carbonyl (C=O) groups is 2. The third kappa shape index (κ3) is 6.42. The number of para-hydroxylation sites is 2.